The number of carbonyl (C=O) groups is 1. The molecule has 61 heavy (non-hydrogen) atoms. The molecule has 3 heteroatoms. The second-order valence-corrected chi connectivity index (χ2v) is 20.2. The van der Waals surface area contributed by atoms with Crippen molar-refractivity contribution in [2.45, 2.75) is 162 Å². The Morgan fingerprint density at radius 2 is 1.03 bits per heavy atom. The van der Waals surface area contributed by atoms with Gasteiger partial charge in [0, 0.05) is 28.0 Å². The summed E-state index contributed by atoms with van der Waals surface area (Å²) in [6, 6.07) is 37.4. The largest absolute Gasteiger partial charge is 0.478 e. The van der Waals surface area contributed by atoms with Crippen molar-refractivity contribution in [1.29, 1.82) is 0 Å². The lowest BCUT2D eigenvalue weighted by Crippen LogP contribution is -2.26. The molecule has 0 spiro atoms. The molecule has 1 N–H and O–H groups in total. The van der Waals surface area contributed by atoms with Crippen molar-refractivity contribution in [3.63, 3.8) is 0 Å². The van der Waals surface area contributed by atoms with Crippen molar-refractivity contribution in [2.75, 3.05) is 0 Å². The maximum Gasteiger partial charge on any atom is 0.328 e. The number of benzene rings is 5. The van der Waals surface area contributed by atoms with E-state index >= 15 is 0 Å². The van der Waals surface area contributed by atoms with Gasteiger partial charge < -0.3 is 9.67 Å². The number of carboxylic acids is 1. The van der Waals surface area contributed by atoms with E-state index < -0.39 is 5.97 Å². The fraction of sp³-hybridized carbons (Fsp3) is 0.431. The van der Waals surface area contributed by atoms with Gasteiger partial charge in [-0.05, 0) is 122 Å². The van der Waals surface area contributed by atoms with E-state index in [1.165, 1.54) is 150 Å². The van der Waals surface area contributed by atoms with Gasteiger partial charge >= 0.3 is 5.97 Å². The normalized spacial score (nSPS) is 13.7. The highest BCUT2D eigenvalue weighted by atomic mass is 16.4. The molecular formula is C58H71NO2. The van der Waals surface area contributed by atoms with Crippen LogP contribution in [0.3, 0.4) is 0 Å². The minimum atomic E-state index is -0.931. The molecule has 1 aromatic heterocycles. The summed E-state index contributed by atoms with van der Waals surface area (Å²) in [7, 11) is 0. The zero-order valence-corrected chi connectivity index (χ0v) is 38.6. The summed E-state index contributed by atoms with van der Waals surface area (Å²) in [5, 5.41) is 11.9. The first-order valence-electron chi connectivity index (χ1n) is 23.7. The van der Waals surface area contributed by atoms with Gasteiger partial charge in [0.2, 0.25) is 0 Å². The lowest BCUT2D eigenvalue weighted by Gasteiger charge is -2.33. The van der Waals surface area contributed by atoms with E-state index in [4.69, 9.17) is 0 Å². The molecule has 320 valence electrons. The zero-order valence-electron chi connectivity index (χ0n) is 38.6. The van der Waals surface area contributed by atoms with Crippen LogP contribution in [0.25, 0.3) is 55.8 Å². The Bertz CT molecular complexity index is 2410. The molecule has 0 amide bonds. The molecule has 1 aliphatic rings. The fourth-order valence-electron chi connectivity index (χ4n) is 10.1. The lowest BCUT2D eigenvalue weighted by atomic mass is 9.70. The van der Waals surface area contributed by atoms with E-state index in [1.54, 1.807) is 6.08 Å². The highest BCUT2D eigenvalue weighted by molar-refractivity contribution is 6.10. The molecule has 7 rings (SSSR count). The SMILES string of the molecule is CCCCCCCCC1(CCCCCCCC)c2cc(-c3ccc(/C=C/C(=O)O)cc3)ccc2-c2ccc(-n3c4ccc(C(C)(C)C)cc4c4cc(C(C)(C)C)ccc43)cc21. The Morgan fingerprint density at radius 1 is 0.557 bits per heavy atom. The van der Waals surface area contributed by atoms with Crippen molar-refractivity contribution in [3.05, 3.63) is 131 Å². The van der Waals surface area contributed by atoms with Crippen LogP contribution < -0.4 is 0 Å². The fourth-order valence-corrected chi connectivity index (χ4v) is 10.1. The number of rotatable bonds is 18. The number of fused-ring (bicyclic) bond motifs is 6. The number of hydrogen-bond acceptors (Lipinski definition) is 1. The van der Waals surface area contributed by atoms with Crippen molar-refractivity contribution < 1.29 is 9.90 Å². The van der Waals surface area contributed by atoms with Crippen LogP contribution in [0.4, 0.5) is 0 Å². The van der Waals surface area contributed by atoms with E-state index in [0.29, 0.717) is 0 Å². The van der Waals surface area contributed by atoms with Gasteiger partial charge in [0.1, 0.15) is 0 Å². The Morgan fingerprint density at radius 3 is 1.54 bits per heavy atom. The van der Waals surface area contributed by atoms with Crippen LogP contribution in [0.2, 0.25) is 0 Å². The molecule has 0 aliphatic heterocycles. The lowest BCUT2D eigenvalue weighted by molar-refractivity contribution is -0.131. The van der Waals surface area contributed by atoms with Crippen LogP contribution in [0.15, 0.2) is 103 Å². The second-order valence-electron chi connectivity index (χ2n) is 20.2. The molecule has 5 aromatic carbocycles. The number of nitrogens with zero attached hydrogens (tertiary/aromatic N) is 1. The molecule has 1 aliphatic carbocycles. The predicted octanol–water partition coefficient (Wildman–Crippen LogP) is 16.9. The number of unbranched alkanes of at least 4 members (excludes halogenated alkanes) is 10. The highest BCUT2D eigenvalue weighted by Crippen LogP contribution is 2.56. The van der Waals surface area contributed by atoms with Crippen molar-refractivity contribution >= 4 is 33.9 Å². The second kappa shape index (κ2) is 18.6. The average molecular weight is 814 g/mol. The smallest absolute Gasteiger partial charge is 0.328 e. The molecule has 0 fully saturated rings. The van der Waals surface area contributed by atoms with Crippen molar-refractivity contribution in [3.8, 4) is 27.9 Å². The number of aromatic nitrogens is 1. The van der Waals surface area contributed by atoms with Crippen LogP contribution in [-0.4, -0.2) is 15.6 Å². The van der Waals surface area contributed by atoms with Gasteiger partial charge in [0.25, 0.3) is 0 Å². The summed E-state index contributed by atoms with van der Waals surface area (Å²) >= 11 is 0. The quantitative estimate of drug-likeness (QED) is 0.0694. The molecule has 0 saturated heterocycles. The van der Waals surface area contributed by atoms with Gasteiger partial charge in [-0.1, -0.05) is 187 Å². The minimum absolute atomic E-state index is 0.0502. The molecule has 0 atom stereocenters. The first-order chi connectivity index (χ1) is 29.2. The van der Waals surface area contributed by atoms with Crippen molar-refractivity contribution in [2.24, 2.45) is 0 Å². The Labute approximate surface area is 367 Å². The first-order valence-corrected chi connectivity index (χ1v) is 23.7. The minimum Gasteiger partial charge on any atom is -0.478 e. The average Bonchev–Trinajstić information content (AvgIpc) is 3.70. The zero-order chi connectivity index (χ0) is 43.4. The van der Waals surface area contributed by atoms with Gasteiger partial charge in [-0.3, -0.25) is 0 Å². The molecule has 6 aromatic rings. The molecule has 0 unspecified atom stereocenters. The number of hydrogen-bond donors (Lipinski definition) is 1. The van der Waals surface area contributed by atoms with Crippen LogP contribution in [0, 0.1) is 0 Å². The van der Waals surface area contributed by atoms with E-state index in [2.05, 4.69) is 145 Å². The summed E-state index contributed by atoms with van der Waals surface area (Å²) in [6.07, 6.45) is 20.6. The summed E-state index contributed by atoms with van der Waals surface area (Å²) in [4.78, 5) is 11.2. The summed E-state index contributed by atoms with van der Waals surface area (Å²) in [6.45, 7) is 18.5. The van der Waals surface area contributed by atoms with Crippen LogP contribution >= 0.6 is 0 Å². The van der Waals surface area contributed by atoms with Gasteiger partial charge in [-0.15, -0.1) is 0 Å². The maximum atomic E-state index is 11.2. The predicted molar refractivity (Wildman–Crippen MR) is 262 cm³/mol. The molecular weight excluding hydrogens is 743 g/mol. The summed E-state index contributed by atoms with van der Waals surface area (Å²) in [5.74, 6) is -0.931. The molecule has 0 radical (unpaired) electrons. The first kappa shape index (κ1) is 44.2. The van der Waals surface area contributed by atoms with Crippen LogP contribution in [0.1, 0.15) is 173 Å². The molecule has 3 nitrogen and oxygen atoms in total. The summed E-state index contributed by atoms with van der Waals surface area (Å²) < 4.78 is 2.55. The van der Waals surface area contributed by atoms with E-state index in [9.17, 15) is 9.90 Å². The van der Waals surface area contributed by atoms with E-state index in [0.717, 1.165) is 24.0 Å². The third kappa shape index (κ3) is 9.47. The standard InChI is InChI=1S/C58H71NO2/c1-9-11-13-15-17-19-35-58(36-20-18-16-14-12-10-2)51-37-43(42-24-21-41(22-25-42)23-34-55(60)61)26-30-47(51)48-31-29-46(40-52(48)58)59-53-32-27-44(56(3,4)5)38-49(53)50-39-45(57(6,7)8)28-33-54(50)59/h21-34,37-40H,9-20,35-36H2,1-8H3,(H,60,61)/b34-23+. The molecule has 0 saturated carbocycles. The topological polar surface area (TPSA) is 42.2 Å². The van der Waals surface area contributed by atoms with Gasteiger partial charge in [-0.25, -0.2) is 4.79 Å². The maximum absolute atomic E-state index is 11.2. The van der Waals surface area contributed by atoms with Gasteiger partial charge in [-0.2, -0.15) is 0 Å². The Kier molecular flexibility index (Phi) is 13.5. The third-order valence-corrected chi connectivity index (χ3v) is 13.7. The Balaban J connectivity index is 1.40. The number of carboxylic acid groups (broad SMARTS) is 1. The van der Waals surface area contributed by atoms with E-state index in [-0.39, 0.29) is 16.2 Å². The van der Waals surface area contributed by atoms with E-state index in [1.807, 2.05) is 12.1 Å². The molecule has 1 heterocycles. The van der Waals surface area contributed by atoms with Crippen LogP contribution in [-0.2, 0) is 21.0 Å². The van der Waals surface area contributed by atoms with Crippen molar-refractivity contribution in [1.82, 2.24) is 4.57 Å². The monoisotopic (exact) mass is 814 g/mol. The summed E-state index contributed by atoms with van der Waals surface area (Å²) in [5.41, 5.74) is 15.6. The number of aliphatic carboxylic acids is 1. The van der Waals surface area contributed by atoms with Crippen LogP contribution in [0.5, 0.6) is 0 Å². The highest BCUT2D eigenvalue weighted by Gasteiger charge is 2.43. The molecule has 0 bridgehead atoms. The third-order valence-electron chi connectivity index (χ3n) is 13.7. The van der Waals surface area contributed by atoms with Gasteiger partial charge in [0.05, 0.1) is 11.0 Å². The van der Waals surface area contributed by atoms with Gasteiger partial charge in [0.15, 0.2) is 0 Å². The Hall–Kier alpha value is -4.89.